The topological polar surface area (TPSA) is 137 Å². The molecule has 12 heteroatoms. The molecule has 1 atom stereocenters. The van der Waals surface area contributed by atoms with E-state index >= 15 is 0 Å². The summed E-state index contributed by atoms with van der Waals surface area (Å²) in [6, 6.07) is 14.3. The molecule has 2 fully saturated rings. The maximum absolute atomic E-state index is 13.7. The second kappa shape index (κ2) is 11.6. The number of hydrogen-bond acceptors (Lipinski definition) is 10. The lowest BCUT2D eigenvalue weighted by atomic mass is 9.82. The molecule has 4 aromatic rings. The Morgan fingerprint density at radius 2 is 1.90 bits per heavy atom. The lowest BCUT2D eigenvalue weighted by Gasteiger charge is -2.26. The zero-order valence-electron chi connectivity index (χ0n) is 21.7. The number of carbonyl (C=O) groups is 1. The Morgan fingerprint density at radius 1 is 1.10 bits per heavy atom. The molecule has 6 rings (SSSR count). The van der Waals surface area contributed by atoms with Gasteiger partial charge in [0.1, 0.15) is 16.5 Å². The summed E-state index contributed by atoms with van der Waals surface area (Å²) in [5, 5.41) is 15.0. The van der Waals surface area contributed by atoms with Gasteiger partial charge in [-0.2, -0.15) is 5.21 Å². The van der Waals surface area contributed by atoms with Gasteiger partial charge in [0.05, 0.1) is 22.8 Å². The fourth-order valence-electron chi connectivity index (χ4n) is 5.02. The molecule has 0 spiro atoms. The van der Waals surface area contributed by atoms with Crippen molar-refractivity contribution in [3.63, 3.8) is 0 Å². The summed E-state index contributed by atoms with van der Waals surface area (Å²) in [7, 11) is -3.28. The number of aromatic amines is 1. The summed E-state index contributed by atoms with van der Waals surface area (Å²) in [5.74, 6) is 1.15. The number of H-pyrrole nitrogens is 1. The Kier molecular flexibility index (Phi) is 7.72. The van der Waals surface area contributed by atoms with Crippen molar-refractivity contribution in [1.82, 2.24) is 25.6 Å². The van der Waals surface area contributed by atoms with Crippen LogP contribution in [-0.2, 0) is 25.8 Å². The van der Waals surface area contributed by atoms with Crippen LogP contribution in [0.2, 0.25) is 0 Å². The fraction of sp³-hybridized carbons (Fsp3) is 0.393. The van der Waals surface area contributed by atoms with Crippen LogP contribution in [0.25, 0.3) is 11.4 Å². The Morgan fingerprint density at radius 3 is 2.62 bits per heavy atom. The Hall–Kier alpha value is -3.48. The molecule has 0 amide bonds. The number of sulfone groups is 1. The van der Waals surface area contributed by atoms with Crippen molar-refractivity contribution in [1.29, 1.82) is 0 Å². The number of hydrogen-bond donors (Lipinski definition) is 1. The molecule has 2 aliphatic rings. The average molecular weight is 580 g/mol. The van der Waals surface area contributed by atoms with E-state index in [0.29, 0.717) is 52.1 Å². The van der Waals surface area contributed by atoms with Gasteiger partial charge in [-0.25, -0.2) is 13.4 Å². The van der Waals surface area contributed by atoms with E-state index in [1.807, 2.05) is 36.4 Å². The van der Waals surface area contributed by atoms with Gasteiger partial charge in [0.2, 0.25) is 10.9 Å². The van der Waals surface area contributed by atoms with Crippen molar-refractivity contribution >= 4 is 27.0 Å². The second-order valence-electron chi connectivity index (χ2n) is 10.2. The minimum absolute atomic E-state index is 0.0595. The number of Topliss-reactive ketones (excluding diaryl/α,β-unsaturated/α-hetero) is 1. The van der Waals surface area contributed by atoms with Gasteiger partial charge < -0.3 is 9.47 Å². The number of aromatic nitrogens is 5. The van der Waals surface area contributed by atoms with Crippen LogP contribution < -0.4 is 4.74 Å². The zero-order valence-corrected chi connectivity index (χ0v) is 23.4. The van der Waals surface area contributed by atoms with Gasteiger partial charge in [-0.15, -0.1) is 10.2 Å². The molecule has 208 valence electrons. The Balaban J connectivity index is 1.17. The lowest BCUT2D eigenvalue weighted by molar-refractivity contribution is -0.120. The first-order valence-electron chi connectivity index (χ1n) is 13.4. The van der Waals surface area contributed by atoms with Gasteiger partial charge in [-0.1, -0.05) is 35.6 Å². The SMILES string of the molecule is O=C(Cc1ncc(Oc2cccc(-c3nn[nH]n3)c2)s1)[C@H](CC1CCOCC1)c1ccc(S(=O)(=O)C2CC2)cc1. The number of nitrogens with zero attached hydrogens (tertiary/aromatic N) is 4. The second-order valence-corrected chi connectivity index (χ2v) is 13.5. The van der Waals surface area contributed by atoms with Crippen LogP contribution in [0.4, 0.5) is 0 Å². The van der Waals surface area contributed by atoms with Crippen LogP contribution >= 0.6 is 11.3 Å². The van der Waals surface area contributed by atoms with Gasteiger partial charge in [0.25, 0.3) is 0 Å². The van der Waals surface area contributed by atoms with E-state index in [2.05, 4.69) is 25.6 Å². The van der Waals surface area contributed by atoms with Crippen LogP contribution in [0.5, 0.6) is 10.8 Å². The van der Waals surface area contributed by atoms with E-state index in [0.717, 1.165) is 36.8 Å². The highest BCUT2D eigenvalue weighted by Gasteiger charge is 2.37. The summed E-state index contributed by atoms with van der Waals surface area (Å²) in [5.41, 5.74) is 1.61. The number of tetrazole rings is 1. The van der Waals surface area contributed by atoms with Crippen LogP contribution in [0.15, 0.2) is 59.6 Å². The van der Waals surface area contributed by atoms with Gasteiger partial charge >= 0.3 is 0 Å². The first-order valence-corrected chi connectivity index (χ1v) is 15.7. The van der Waals surface area contributed by atoms with Crippen molar-refractivity contribution in [2.75, 3.05) is 13.2 Å². The third-order valence-corrected chi connectivity index (χ3v) is 10.5. The zero-order chi connectivity index (χ0) is 27.5. The van der Waals surface area contributed by atoms with E-state index < -0.39 is 9.84 Å². The molecule has 1 aliphatic heterocycles. The Bertz CT molecular complexity index is 1560. The number of nitrogens with one attached hydrogen (secondary N) is 1. The normalized spacial score (nSPS) is 17.0. The van der Waals surface area contributed by atoms with Crippen molar-refractivity contribution in [2.45, 2.75) is 54.6 Å². The van der Waals surface area contributed by atoms with E-state index in [9.17, 15) is 13.2 Å². The van der Waals surface area contributed by atoms with Crippen molar-refractivity contribution in [2.24, 2.45) is 5.92 Å². The fourth-order valence-corrected chi connectivity index (χ4v) is 7.48. The van der Waals surface area contributed by atoms with E-state index in [4.69, 9.17) is 9.47 Å². The molecule has 0 bridgehead atoms. The van der Waals surface area contributed by atoms with Crippen LogP contribution in [0.1, 0.15) is 48.6 Å². The summed E-state index contributed by atoms with van der Waals surface area (Å²) in [4.78, 5) is 18.5. The molecule has 2 aromatic carbocycles. The summed E-state index contributed by atoms with van der Waals surface area (Å²) in [6.45, 7) is 1.40. The van der Waals surface area contributed by atoms with Gasteiger partial charge in [-0.3, -0.25) is 4.79 Å². The highest BCUT2D eigenvalue weighted by molar-refractivity contribution is 7.92. The quantitative estimate of drug-likeness (QED) is 0.266. The van der Waals surface area contributed by atoms with Crippen molar-refractivity contribution in [3.05, 3.63) is 65.3 Å². The molecule has 0 radical (unpaired) electrons. The molecule has 10 nitrogen and oxygen atoms in total. The van der Waals surface area contributed by atoms with Crippen molar-refractivity contribution < 1.29 is 22.7 Å². The number of ether oxygens (including phenoxy) is 2. The van der Waals surface area contributed by atoms with Crippen LogP contribution in [-0.4, -0.2) is 58.3 Å². The number of benzene rings is 2. The third kappa shape index (κ3) is 6.13. The van der Waals surface area contributed by atoms with E-state index in [-0.39, 0.29) is 23.4 Å². The summed E-state index contributed by atoms with van der Waals surface area (Å²) >= 11 is 1.33. The molecule has 0 unspecified atom stereocenters. The largest absolute Gasteiger partial charge is 0.445 e. The number of carbonyl (C=O) groups excluding carboxylic acids is 1. The van der Waals surface area contributed by atoms with Crippen LogP contribution in [0.3, 0.4) is 0 Å². The molecular weight excluding hydrogens is 550 g/mol. The first kappa shape index (κ1) is 26.7. The average Bonchev–Trinajstić information content (AvgIpc) is 3.53. The predicted molar refractivity (Wildman–Crippen MR) is 148 cm³/mol. The van der Waals surface area contributed by atoms with Crippen LogP contribution in [0, 0.1) is 5.92 Å². The third-order valence-electron chi connectivity index (χ3n) is 7.39. The standard InChI is InChI=1S/C28H29N5O5S2/c34-25(16-26-29-17-27(39-26)38-21-3-1-2-20(15-21)28-30-32-33-31-28)24(14-18-10-12-37-13-11-18)19-4-6-22(7-5-19)40(35,36)23-8-9-23/h1-7,15,17-18,23-24H,8-14,16H2,(H,30,31,32,33)/t24-/m1/s1. The highest BCUT2D eigenvalue weighted by atomic mass is 32.2. The molecule has 2 aromatic heterocycles. The maximum atomic E-state index is 13.7. The predicted octanol–water partition coefficient (Wildman–Crippen LogP) is 4.76. The van der Waals surface area contributed by atoms with Gasteiger partial charge in [0, 0.05) is 24.7 Å². The minimum atomic E-state index is -3.28. The molecule has 1 N–H and O–H groups in total. The molecule has 1 aliphatic carbocycles. The van der Waals surface area contributed by atoms with Gasteiger partial charge in [-0.05, 0) is 73.1 Å². The molecule has 40 heavy (non-hydrogen) atoms. The molecule has 1 saturated carbocycles. The number of thiazole rings is 1. The first-order chi connectivity index (χ1) is 19.5. The molecule has 1 saturated heterocycles. The molecule has 3 heterocycles. The number of ketones is 1. The number of rotatable bonds is 11. The summed E-state index contributed by atoms with van der Waals surface area (Å²) < 4.78 is 36.9. The smallest absolute Gasteiger partial charge is 0.204 e. The summed E-state index contributed by atoms with van der Waals surface area (Å²) in [6.07, 6.45) is 5.77. The lowest BCUT2D eigenvalue weighted by Crippen LogP contribution is -2.23. The maximum Gasteiger partial charge on any atom is 0.204 e. The van der Waals surface area contributed by atoms with E-state index in [1.54, 1.807) is 18.3 Å². The highest BCUT2D eigenvalue weighted by Crippen LogP contribution is 2.36. The monoisotopic (exact) mass is 579 g/mol. The Labute approximate surface area is 236 Å². The molecular formula is C28H29N5O5S2. The van der Waals surface area contributed by atoms with E-state index in [1.165, 1.54) is 11.3 Å². The van der Waals surface area contributed by atoms with Crippen molar-refractivity contribution in [3.8, 4) is 22.2 Å². The van der Waals surface area contributed by atoms with Gasteiger partial charge in [0.15, 0.2) is 9.84 Å². The minimum Gasteiger partial charge on any atom is -0.445 e.